The summed E-state index contributed by atoms with van der Waals surface area (Å²) >= 11 is 0. The van der Waals surface area contributed by atoms with Gasteiger partial charge in [0, 0.05) is 30.3 Å². The van der Waals surface area contributed by atoms with Crippen LogP contribution in [0, 0.1) is 0 Å². The fourth-order valence-electron chi connectivity index (χ4n) is 2.15. The van der Waals surface area contributed by atoms with Gasteiger partial charge in [-0.3, -0.25) is 9.59 Å². The van der Waals surface area contributed by atoms with Gasteiger partial charge in [0.1, 0.15) is 0 Å². The first kappa shape index (κ1) is 15.5. The smallest absolute Gasteiger partial charge is 0.253 e. The second-order valence-electron chi connectivity index (χ2n) is 5.34. The summed E-state index contributed by atoms with van der Waals surface area (Å²) in [6.07, 6.45) is 2.94. The number of hydrogen-bond donors (Lipinski definition) is 2. The number of nitrogens with one attached hydrogen (secondary N) is 1. The molecule has 1 aliphatic carbocycles. The first-order valence-electron chi connectivity index (χ1n) is 7.46. The van der Waals surface area contributed by atoms with Crippen LogP contribution in [0.1, 0.15) is 46.9 Å². The van der Waals surface area contributed by atoms with Crippen LogP contribution < -0.4 is 5.32 Å². The molecule has 1 aromatic rings. The molecule has 1 aliphatic rings. The minimum atomic E-state index is -0.111. The van der Waals surface area contributed by atoms with Gasteiger partial charge < -0.3 is 15.3 Å². The Morgan fingerprint density at radius 3 is 2.33 bits per heavy atom. The van der Waals surface area contributed by atoms with Gasteiger partial charge in [-0.1, -0.05) is 6.92 Å². The predicted octanol–water partition coefficient (Wildman–Crippen LogP) is 1.42. The molecule has 5 nitrogen and oxygen atoms in total. The molecular formula is C16H22N2O3. The third-order valence-electron chi connectivity index (χ3n) is 3.46. The zero-order valence-corrected chi connectivity index (χ0v) is 12.3. The van der Waals surface area contributed by atoms with E-state index in [2.05, 4.69) is 5.32 Å². The number of benzene rings is 1. The molecule has 1 saturated carbocycles. The molecule has 1 aromatic carbocycles. The molecule has 1 fully saturated rings. The molecule has 114 valence electrons. The van der Waals surface area contributed by atoms with E-state index < -0.39 is 0 Å². The summed E-state index contributed by atoms with van der Waals surface area (Å²) in [5.74, 6) is -0.197. The number of amides is 2. The molecule has 2 amide bonds. The van der Waals surface area contributed by atoms with E-state index in [1.807, 2.05) is 6.92 Å². The Hall–Kier alpha value is -1.88. The molecule has 0 unspecified atom stereocenters. The molecular weight excluding hydrogens is 268 g/mol. The van der Waals surface area contributed by atoms with Crippen LogP contribution in [-0.2, 0) is 0 Å². The van der Waals surface area contributed by atoms with Gasteiger partial charge in [-0.15, -0.1) is 0 Å². The highest BCUT2D eigenvalue weighted by molar-refractivity contribution is 5.98. The monoisotopic (exact) mass is 290 g/mol. The Morgan fingerprint density at radius 2 is 1.81 bits per heavy atom. The Bertz CT molecular complexity index is 489. The minimum absolute atomic E-state index is 0.0480. The second-order valence-corrected chi connectivity index (χ2v) is 5.34. The van der Waals surface area contributed by atoms with Crippen LogP contribution in [0.15, 0.2) is 24.3 Å². The zero-order chi connectivity index (χ0) is 15.2. The SMILES string of the molecule is CCCN(CCO)C(=O)c1ccc(C(=O)NC2CC2)cc1. The number of carbonyl (C=O) groups excluding carboxylic acids is 2. The van der Waals surface area contributed by atoms with E-state index in [4.69, 9.17) is 5.11 Å². The lowest BCUT2D eigenvalue weighted by atomic mass is 10.1. The normalized spacial score (nSPS) is 13.8. The zero-order valence-electron chi connectivity index (χ0n) is 12.3. The Labute approximate surface area is 125 Å². The molecule has 2 rings (SSSR count). The van der Waals surface area contributed by atoms with Gasteiger partial charge in [-0.25, -0.2) is 0 Å². The summed E-state index contributed by atoms with van der Waals surface area (Å²) in [7, 11) is 0. The quantitative estimate of drug-likeness (QED) is 0.798. The van der Waals surface area contributed by atoms with E-state index in [1.54, 1.807) is 29.2 Å². The summed E-state index contributed by atoms with van der Waals surface area (Å²) in [5.41, 5.74) is 1.11. The first-order chi connectivity index (χ1) is 10.2. The molecule has 0 saturated heterocycles. The standard InChI is InChI=1S/C16H22N2O3/c1-2-9-18(10-11-19)16(21)13-5-3-12(4-6-13)15(20)17-14-7-8-14/h3-6,14,19H,2,7-11H2,1H3,(H,17,20). The van der Waals surface area contributed by atoms with Gasteiger partial charge in [0.25, 0.3) is 11.8 Å². The molecule has 0 radical (unpaired) electrons. The number of aliphatic hydroxyl groups excluding tert-OH is 1. The lowest BCUT2D eigenvalue weighted by Gasteiger charge is -2.21. The first-order valence-corrected chi connectivity index (χ1v) is 7.46. The van der Waals surface area contributed by atoms with Crippen molar-refractivity contribution in [2.45, 2.75) is 32.2 Å². The summed E-state index contributed by atoms with van der Waals surface area (Å²) in [4.78, 5) is 25.8. The van der Waals surface area contributed by atoms with Crippen molar-refractivity contribution in [2.24, 2.45) is 0 Å². The van der Waals surface area contributed by atoms with Crippen molar-refractivity contribution >= 4 is 11.8 Å². The van der Waals surface area contributed by atoms with Crippen molar-refractivity contribution in [1.29, 1.82) is 0 Å². The van der Waals surface area contributed by atoms with Crippen LogP contribution in [-0.4, -0.2) is 47.6 Å². The highest BCUT2D eigenvalue weighted by atomic mass is 16.3. The lowest BCUT2D eigenvalue weighted by Crippen LogP contribution is -2.34. The third kappa shape index (κ3) is 4.29. The minimum Gasteiger partial charge on any atom is -0.395 e. The van der Waals surface area contributed by atoms with Crippen molar-refractivity contribution in [3.63, 3.8) is 0 Å². The van der Waals surface area contributed by atoms with Crippen molar-refractivity contribution in [1.82, 2.24) is 10.2 Å². The summed E-state index contributed by atoms with van der Waals surface area (Å²) in [6.45, 7) is 2.89. The van der Waals surface area contributed by atoms with Crippen LogP contribution in [0.25, 0.3) is 0 Å². The average Bonchev–Trinajstić information content (AvgIpc) is 3.30. The molecule has 0 spiro atoms. The number of rotatable bonds is 7. The predicted molar refractivity (Wildman–Crippen MR) is 80.2 cm³/mol. The molecule has 0 bridgehead atoms. The number of aliphatic hydroxyl groups is 1. The largest absolute Gasteiger partial charge is 0.395 e. The van der Waals surface area contributed by atoms with Crippen molar-refractivity contribution < 1.29 is 14.7 Å². The van der Waals surface area contributed by atoms with Crippen LogP contribution in [0.5, 0.6) is 0 Å². The Balaban J connectivity index is 2.02. The summed E-state index contributed by atoms with van der Waals surface area (Å²) in [5, 5.41) is 11.9. The van der Waals surface area contributed by atoms with Gasteiger partial charge in [0.15, 0.2) is 0 Å². The molecule has 2 N–H and O–H groups in total. The molecule has 0 aromatic heterocycles. The van der Waals surface area contributed by atoms with Crippen molar-refractivity contribution in [3.8, 4) is 0 Å². The molecule has 0 atom stereocenters. The molecule has 5 heteroatoms. The maximum absolute atomic E-state index is 12.3. The van der Waals surface area contributed by atoms with Crippen LogP contribution in [0.3, 0.4) is 0 Å². The number of hydrogen-bond acceptors (Lipinski definition) is 3. The van der Waals surface area contributed by atoms with Gasteiger partial charge >= 0.3 is 0 Å². The van der Waals surface area contributed by atoms with Gasteiger partial charge in [0.05, 0.1) is 6.61 Å². The van der Waals surface area contributed by atoms with Crippen LogP contribution in [0.2, 0.25) is 0 Å². The average molecular weight is 290 g/mol. The van der Waals surface area contributed by atoms with E-state index in [9.17, 15) is 9.59 Å². The third-order valence-corrected chi connectivity index (χ3v) is 3.46. The Kier molecular flexibility index (Phi) is 5.33. The Morgan fingerprint density at radius 1 is 1.19 bits per heavy atom. The van der Waals surface area contributed by atoms with E-state index in [1.165, 1.54) is 0 Å². The van der Waals surface area contributed by atoms with Gasteiger partial charge in [-0.05, 0) is 43.5 Å². The van der Waals surface area contributed by atoms with Gasteiger partial charge in [0.2, 0.25) is 0 Å². The highest BCUT2D eigenvalue weighted by Gasteiger charge is 2.24. The molecule has 0 aliphatic heterocycles. The van der Waals surface area contributed by atoms with E-state index in [-0.39, 0.29) is 18.4 Å². The summed E-state index contributed by atoms with van der Waals surface area (Å²) < 4.78 is 0. The van der Waals surface area contributed by atoms with E-state index in [0.29, 0.717) is 30.3 Å². The van der Waals surface area contributed by atoms with Crippen molar-refractivity contribution in [3.05, 3.63) is 35.4 Å². The van der Waals surface area contributed by atoms with E-state index in [0.717, 1.165) is 19.3 Å². The topological polar surface area (TPSA) is 69.6 Å². The van der Waals surface area contributed by atoms with Crippen LogP contribution in [0.4, 0.5) is 0 Å². The maximum atomic E-state index is 12.3. The molecule has 0 heterocycles. The number of nitrogens with zero attached hydrogens (tertiary/aromatic N) is 1. The van der Waals surface area contributed by atoms with Gasteiger partial charge in [-0.2, -0.15) is 0 Å². The lowest BCUT2D eigenvalue weighted by molar-refractivity contribution is 0.0721. The van der Waals surface area contributed by atoms with Crippen molar-refractivity contribution in [2.75, 3.05) is 19.7 Å². The summed E-state index contributed by atoms with van der Waals surface area (Å²) in [6, 6.07) is 7.01. The highest BCUT2D eigenvalue weighted by Crippen LogP contribution is 2.19. The fourth-order valence-corrected chi connectivity index (χ4v) is 2.15. The second kappa shape index (κ2) is 7.22. The maximum Gasteiger partial charge on any atom is 0.253 e. The van der Waals surface area contributed by atoms with E-state index >= 15 is 0 Å². The fraction of sp³-hybridized carbons (Fsp3) is 0.500. The molecule has 21 heavy (non-hydrogen) atoms. The number of carbonyl (C=O) groups is 2. The van der Waals surface area contributed by atoms with Crippen LogP contribution >= 0.6 is 0 Å².